The topological polar surface area (TPSA) is 66.2 Å². The van der Waals surface area contributed by atoms with Gasteiger partial charge in [0.1, 0.15) is 23.5 Å². The number of halogens is 3. The molecule has 1 saturated heterocycles. The normalized spacial score (nSPS) is 22.5. The average molecular weight is 482 g/mol. The van der Waals surface area contributed by atoms with E-state index in [1.807, 2.05) is 0 Å². The van der Waals surface area contributed by atoms with Crippen molar-refractivity contribution in [1.82, 2.24) is 19.9 Å². The number of rotatable bonds is 5. The first kappa shape index (κ1) is 23.3. The molecular weight excluding hydrogens is 455 g/mol. The summed E-state index contributed by atoms with van der Waals surface area (Å²) in [6.07, 6.45) is 6.55. The highest BCUT2D eigenvalue weighted by Crippen LogP contribution is 2.38. The number of aromatic amines is 1. The summed E-state index contributed by atoms with van der Waals surface area (Å²) in [5.74, 6) is -0.696. The van der Waals surface area contributed by atoms with Crippen LogP contribution in [0.5, 0.6) is 0 Å². The van der Waals surface area contributed by atoms with Gasteiger partial charge in [-0.05, 0) is 49.7 Å². The number of alkyl halides is 1. The van der Waals surface area contributed by atoms with Gasteiger partial charge in [0, 0.05) is 30.1 Å². The Balaban J connectivity index is 1.35. The SMILES string of the molecule is [C-]#[N+]c1cc(F)c(C[C@H]2CCC[C@@H](CC(=O)N3CC[C@@H](F)C3)C2)nc1-c1c[nH]c2ncc(F)cc12. The summed E-state index contributed by atoms with van der Waals surface area (Å²) in [5, 5.41) is 0.480. The first-order valence-electron chi connectivity index (χ1n) is 12.0. The number of likely N-dealkylation sites (tertiary alicyclic amines) is 1. The number of aromatic nitrogens is 3. The Labute approximate surface area is 201 Å². The number of nitrogens with one attached hydrogen (secondary N) is 1. The molecule has 0 unspecified atom stereocenters. The zero-order chi connectivity index (χ0) is 24.5. The summed E-state index contributed by atoms with van der Waals surface area (Å²) in [6, 6.07) is 2.52. The van der Waals surface area contributed by atoms with Crippen LogP contribution in [0.1, 0.15) is 44.2 Å². The molecule has 0 radical (unpaired) electrons. The number of H-pyrrole nitrogens is 1. The van der Waals surface area contributed by atoms with Gasteiger partial charge in [-0.1, -0.05) is 12.8 Å². The second-order valence-electron chi connectivity index (χ2n) is 9.68. The fraction of sp³-hybridized carbons (Fsp3) is 0.462. The molecule has 0 spiro atoms. The Bertz CT molecular complexity index is 1300. The second-order valence-corrected chi connectivity index (χ2v) is 9.68. The highest BCUT2D eigenvalue weighted by molar-refractivity contribution is 5.95. The minimum atomic E-state index is -0.927. The Morgan fingerprint density at radius 1 is 1.23 bits per heavy atom. The summed E-state index contributed by atoms with van der Waals surface area (Å²) in [6.45, 7) is 8.16. The van der Waals surface area contributed by atoms with E-state index in [0.29, 0.717) is 48.1 Å². The zero-order valence-electron chi connectivity index (χ0n) is 19.2. The maximum atomic E-state index is 15.0. The molecule has 2 fully saturated rings. The number of pyridine rings is 2. The first-order valence-corrected chi connectivity index (χ1v) is 12.0. The average Bonchev–Trinajstić information content (AvgIpc) is 3.46. The van der Waals surface area contributed by atoms with Gasteiger partial charge in [0.15, 0.2) is 0 Å². The molecule has 182 valence electrons. The Kier molecular flexibility index (Phi) is 6.46. The van der Waals surface area contributed by atoms with E-state index in [-0.39, 0.29) is 35.7 Å². The Morgan fingerprint density at radius 2 is 2.06 bits per heavy atom. The number of hydrogen-bond acceptors (Lipinski definition) is 3. The van der Waals surface area contributed by atoms with E-state index in [9.17, 15) is 18.0 Å². The van der Waals surface area contributed by atoms with Crippen LogP contribution < -0.4 is 0 Å². The summed E-state index contributed by atoms with van der Waals surface area (Å²) >= 11 is 0. The van der Waals surface area contributed by atoms with Crippen molar-refractivity contribution in [3.05, 3.63) is 53.3 Å². The van der Waals surface area contributed by atoms with Crippen molar-refractivity contribution in [1.29, 1.82) is 0 Å². The first-order chi connectivity index (χ1) is 16.9. The summed E-state index contributed by atoms with van der Waals surface area (Å²) in [7, 11) is 0. The predicted molar refractivity (Wildman–Crippen MR) is 125 cm³/mol. The van der Waals surface area contributed by atoms with Crippen LogP contribution in [-0.4, -0.2) is 45.0 Å². The van der Waals surface area contributed by atoms with Gasteiger partial charge in [0.2, 0.25) is 11.6 Å². The zero-order valence-corrected chi connectivity index (χ0v) is 19.2. The highest BCUT2D eigenvalue weighted by Gasteiger charge is 2.30. The van der Waals surface area contributed by atoms with Crippen LogP contribution in [0.25, 0.3) is 27.1 Å². The van der Waals surface area contributed by atoms with Gasteiger partial charge < -0.3 is 9.88 Å². The molecule has 0 bridgehead atoms. The molecule has 1 saturated carbocycles. The molecule has 1 aliphatic carbocycles. The van der Waals surface area contributed by atoms with Gasteiger partial charge in [-0.3, -0.25) is 9.78 Å². The fourth-order valence-corrected chi connectivity index (χ4v) is 5.48. The summed E-state index contributed by atoms with van der Waals surface area (Å²) in [4.78, 5) is 29.2. The molecule has 1 aliphatic heterocycles. The van der Waals surface area contributed by atoms with Crippen molar-refractivity contribution < 1.29 is 18.0 Å². The van der Waals surface area contributed by atoms with Gasteiger partial charge in [0.05, 0.1) is 30.7 Å². The molecule has 1 N–H and O–H groups in total. The largest absolute Gasteiger partial charge is 0.346 e. The van der Waals surface area contributed by atoms with E-state index in [1.54, 1.807) is 11.1 Å². The van der Waals surface area contributed by atoms with Crippen LogP contribution in [0.15, 0.2) is 24.5 Å². The van der Waals surface area contributed by atoms with E-state index in [1.165, 1.54) is 12.1 Å². The lowest BCUT2D eigenvalue weighted by Gasteiger charge is -2.30. The monoisotopic (exact) mass is 481 g/mol. The van der Waals surface area contributed by atoms with Gasteiger partial charge in [-0.15, -0.1) is 0 Å². The molecule has 35 heavy (non-hydrogen) atoms. The fourth-order valence-electron chi connectivity index (χ4n) is 5.48. The van der Waals surface area contributed by atoms with Crippen LogP contribution in [0.2, 0.25) is 0 Å². The molecule has 4 heterocycles. The summed E-state index contributed by atoms with van der Waals surface area (Å²) < 4.78 is 42.3. The highest BCUT2D eigenvalue weighted by atomic mass is 19.1. The van der Waals surface area contributed by atoms with Crippen molar-refractivity contribution in [3.63, 3.8) is 0 Å². The second kappa shape index (κ2) is 9.68. The van der Waals surface area contributed by atoms with Crippen molar-refractivity contribution in [2.45, 2.75) is 51.1 Å². The third-order valence-corrected chi connectivity index (χ3v) is 7.22. The molecular formula is C26H26F3N5O. The van der Waals surface area contributed by atoms with Gasteiger partial charge in [-0.25, -0.2) is 23.0 Å². The predicted octanol–water partition coefficient (Wildman–Crippen LogP) is 5.76. The van der Waals surface area contributed by atoms with E-state index in [4.69, 9.17) is 6.57 Å². The molecule has 5 rings (SSSR count). The minimum absolute atomic E-state index is 0.00368. The van der Waals surface area contributed by atoms with Gasteiger partial charge in [-0.2, -0.15) is 0 Å². The third-order valence-electron chi connectivity index (χ3n) is 7.22. The lowest BCUT2D eigenvalue weighted by atomic mass is 9.77. The van der Waals surface area contributed by atoms with E-state index in [2.05, 4.69) is 19.8 Å². The van der Waals surface area contributed by atoms with E-state index >= 15 is 0 Å². The lowest BCUT2D eigenvalue weighted by molar-refractivity contribution is -0.131. The maximum Gasteiger partial charge on any atom is 0.222 e. The van der Waals surface area contributed by atoms with Gasteiger partial charge >= 0.3 is 0 Å². The third kappa shape index (κ3) is 4.88. The molecule has 1 amide bonds. The van der Waals surface area contributed by atoms with Crippen LogP contribution in [-0.2, 0) is 11.2 Å². The number of carbonyl (C=O) groups is 1. The van der Waals surface area contributed by atoms with Crippen molar-refractivity contribution in [2.24, 2.45) is 11.8 Å². The lowest BCUT2D eigenvalue weighted by Crippen LogP contribution is -2.31. The van der Waals surface area contributed by atoms with E-state index in [0.717, 1.165) is 31.9 Å². The van der Waals surface area contributed by atoms with Crippen molar-refractivity contribution >= 4 is 22.6 Å². The molecule has 0 aromatic carbocycles. The van der Waals surface area contributed by atoms with Crippen LogP contribution in [0, 0.1) is 30.0 Å². The van der Waals surface area contributed by atoms with E-state index < -0.39 is 17.8 Å². The smallest absolute Gasteiger partial charge is 0.222 e. The van der Waals surface area contributed by atoms with Crippen LogP contribution in [0.3, 0.4) is 0 Å². The maximum absolute atomic E-state index is 15.0. The number of amides is 1. The molecule has 9 heteroatoms. The Hall–Kier alpha value is -3.41. The van der Waals surface area contributed by atoms with Crippen molar-refractivity contribution in [3.8, 4) is 11.3 Å². The standard InChI is InChI=1S/C26H26F3N5O/c1-30-23-11-21(29)22(33-25(23)20-13-32-26-19(20)10-18(28)12-31-26)8-15-3-2-4-16(7-15)9-24(35)34-6-5-17(27)14-34/h10-13,15-17H,2-9,14H2,(H,31,32)/t15-,16+,17+/m0/s1. The van der Waals surface area contributed by atoms with Crippen LogP contribution in [0.4, 0.5) is 18.9 Å². The number of carbonyl (C=O) groups excluding carboxylic acids is 1. The quantitative estimate of drug-likeness (QED) is 0.471. The van der Waals surface area contributed by atoms with Crippen molar-refractivity contribution in [2.75, 3.05) is 13.1 Å². The number of fused-ring (bicyclic) bond motifs is 1. The summed E-state index contributed by atoms with van der Waals surface area (Å²) in [5.41, 5.74) is 1.58. The Morgan fingerprint density at radius 3 is 2.83 bits per heavy atom. The molecule has 6 nitrogen and oxygen atoms in total. The molecule has 3 atom stereocenters. The molecule has 3 aromatic heterocycles. The van der Waals surface area contributed by atoms with Gasteiger partial charge in [0.25, 0.3) is 0 Å². The minimum Gasteiger partial charge on any atom is -0.346 e. The molecule has 2 aliphatic rings. The van der Waals surface area contributed by atoms with Crippen LogP contribution >= 0.6 is 0 Å². The number of nitrogens with zero attached hydrogens (tertiary/aromatic N) is 4. The molecule has 3 aromatic rings. The number of hydrogen-bond donors (Lipinski definition) is 1.